The predicted octanol–water partition coefficient (Wildman–Crippen LogP) is 3.26. The van der Waals surface area contributed by atoms with E-state index in [-0.39, 0.29) is 0 Å². The Labute approximate surface area is 109 Å². The maximum atomic E-state index is 8.55. The van der Waals surface area contributed by atoms with Crippen LogP contribution in [0.1, 0.15) is 5.56 Å². The summed E-state index contributed by atoms with van der Waals surface area (Å²) >= 11 is 11.7. The fourth-order valence-electron chi connectivity index (χ4n) is 1.03. The largest absolute Gasteiger partial charge is 0.196 e. The number of hydrazone groups is 1. The van der Waals surface area contributed by atoms with Gasteiger partial charge in [0.2, 0.25) is 0 Å². The topological polar surface area (TPSA) is 63.2 Å². The Morgan fingerprint density at radius 1 is 1.41 bits per heavy atom. The van der Waals surface area contributed by atoms with Gasteiger partial charge in [-0.25, -0.2) is 0 Å². The molecule has 1 aromatic carbocycles. The molecule has 0 saturated heterocycles. The molecule has 17 heavy (non-hydrogen) atoms. The first-order chi connectivity index (χ1) is 8.08. The molecule has 6 heteroatoms. The Hall–Kier alpha value is -1.75. The van der Waals surface area contributed by atoms with E-state index in [1.807, 2.05) is 6.92 Å². The summed E-state index contributed by atoms with van der Waals surface area (Å²) in [5, 5.41) is 21.5. The lowest BCUT2D eigenvalue weighted by Gasteiger charge is -2.10. The van der Waals surface area contributed by atoms with Gasteiger partial charge in [-0.3, -0.25) is 0 Å². The summed E-state index contributed by atoms with van der Waals surface area (Å²) in [5.74, 6) is -0.912. The van der Waals surface area contributed by atoms with E-state index in [1.165, 1.54) is 6.21 Å². The lowest BCUT2D eigenvalue weighted by atomic mass is 10.2. The van der Waals surface area contributed by atoms with Crippen molar-refractivity contribution in [2.45, 2.75) is 6.92 Å². The standard InChI is InChI=1S/C11H8Cl2N4/c1-8-4-10(2-3-11(8)12)17(13)16-7-9(5-14)6-15/h2-4,7,9H,1H3. The van der Waals surface area contributed by atoms with Crippen LogP contribution < -0.4 is 4.53 Å². The summed E-state index contributed by atoms with van der Waals surface area (Å²) < 4.78 is 1.06. The SMILES string of the molecule is Cc1cc(N(Cl)N=CC(C#N)C#N)ccc1Cl. The summed E-state index contributed by atoms with van der Waals surface area (Å²) in [4.78, 5) is 0. The minimum absolute atomic E-state index is 0.611. The van der Waals surface area contributed by atoms with Crippen molar-refractivity contribution in [2.75, 3.05) is 4.53 Å². The molecule has 0 aliphatic heterocycles. The van der Waals surface area contributed by atoms with Crippen molar-refractivity contribution in [2.24, 2.45) is 11.0 Å². The summed E-state index contributed by atoms with van der Waals surface area (Å²) in [6.07, 6.45) is 1.18. The Kier molecular flexibility index (Phi) is 4.78. The third-order valence-electron chi connectivity index (χ3n) is 1.95. The van der Waals surface area contributed by atoms with E-state index >= 15 is 0 Å². The average Bonchev–Trinajstić information content (AvgIpc) is 2.33. The molecular formula is C11H8Cl2N4. The number of anilines is 1. The van der Waals surface area contributed by atoms with Gasteiger partial charge in [0.1, 0.15) is 0 Å². The van der Waals surface area contributed by atoms with Crippen LogP contribution in [-0.2, 0) is 0 Å². The number of benzene rings is 1. The highest BCUT2D eigenvalue weighted by atomic mass is 35.5. The monoisotopic (exact) mass is 266 g/mol. The van der Waals surface area contributed by atoms with Gasteiger partial charge in [0.15, 0.2) is 5.92 Å². The molecule has 0 saturated carbocycles. The van der Waals surface area contributed by atoms with Crippen LogP contribution in [0.4, 0.5) is 5.69 Å². The van der Waals surface area contributed by atoms with E-state index in [0.29, 0.717) is 10.7 Å². The lowest BCUT2D eigenvalue weighted by molar-refractivity contribution is 1.12. The molecule has 1 aromatic rings. The summed E-state index contributed by atoms with van der Waals surface area (Å²) in [7, 11) is 0. The van der Waals surface area contributed by atoms with Crippen LogP contribution in [0.3, 0.4) is 0 Å². The van der Waals surface area contributed by atoms with Crippen LogP contribution in [0.5, 0.6) is 0 Å². The fraction of sp³-hybridized carbons (Fsp3) is 0.182. The van der Waals surface area contributed by atoms with Crippen molar-refractivity contribution in [1.29, 1.82) is 10.5 Å². The van der Waals surface area contributed by atoms with E-state index in [0.717, 1.165) is 10.1 Å². The second-order valence-electron chi connectivity index (χ2n) is 3.19. The van der Waals surface area contributed by atoms with Gasteiger partial charge >= 0.3 is 0 Å². The maximum absolute atomic E-state index is 8.55. The van der Waals surface area contributed by atoms with Gasteiger partial charge in [0, 0.05) is 16.8 Å². The molecule has 0 fully saturated rings. The highest BCUT2D eigenvalue weighted by Gasteiger charge is 2.05. The summed E-state index contributed by atoms with van der Waals surface area (Å²) in [6.45, 7) is 1.84. The van der Waals surface area contributed by atoms with Gasteiger partial charge in [0.05, 0.1) is 24.0 Å². The fourth-order valence-corrected chi connectivity index (χ4v) is 1.30. The first-order valence-corrected chi connectivity index (χ1v) is 5.35. The van der Waals surface area contributed by atoms with Crippen LogP contribution in [0.2, 0.25) is 5.02 Å². The van der Waals surface area contributed by atoms with E-state index in [2.05, 4.69) is 5.10 Å². The second-order valence-corrected chi connectivity index (χ2v) is 3.92. The van der Waals surface area contributed by atoms with Gasteiger partial charge in [-0.2, -0.15) is 20.2 Å². The second kappa shape index (κ2) is 6.10. The van der Waals surface area contributed by atoms with E-state index in [4.69, 9.17) is 33.9 Å². The predicted molar refractivity (Wildman–Crippen MR) is 67.7 cm³/mol. The molecular weight excluding hydrogens is 259 g/mol. The number of rotatable bonds is 3. The van der Waals surface area contributed by atoms with Crippen LogP contribution in [-0.4, -0.2) is 6.21 Å². The van der Waals surface area contributed by atoms with E-state index < -0.39 is 5.92 Å². The molecule has 0 spiro atoms. The minimum atomic E-state index is -0.912. The Bertz CT molecular complexity index is 499. The molecule has 0 heterocycles. The zero-order valence-electron chi connectivity index (χ0n) is 8.93. The van der Waals surface area contributed by atoms with Crippen molar-refractivity contribution in [3.8, 4) is 12.1 Å². The van der Waals surface area contributed by atoms with Gasteiger partial charge < -0.3 is 0 Å². The van der Waals surface area contributed by atoms with Gasteiger partial charge in [-0.15, -0.1) is 0 Å². The average molecular weight is 267 g/mol. The molecule has 0 radical (unpaired) electrons. The number of hydrogen-bond acceptors (Lipinski definition) is 4. The number of aryl methyl sites for hydroxylation is 1. The third kappa shape index (κ3) is 3.64. The Morgan fingerprint density at radius 3 is 2.59 bits per heavy atom. The number of nitrogens with zero attached hydrogens (tertiary/aromatic N) is 4. The third-order valence-corrected chi connectivity index (χ3v) is 2.66. The van der Waals surface area contributed by atoms with Crippen molar-refractivity contribution < 1.29 is 0 Å². The molecule has 4 nitrogen and oxygen atoms in total. The van der Waals surface area contributed by atoms with Crippen LogP contribution in [0.25, 0.3) is 0 Å². The highest BCUT2D eigenvalue weighted by Crippen LogP contribution is 2.23. The smallest absolute Gasteiger partial charge is 0.170 e. The van der Waals surface area contributed by atoms with Crippen molar-refractivity contribution in [1.82, 2.24) is 0 Å². The molecule has 0 bridgehead atoms. The molecule has 0 unspecified atom stereocenters. The van der Waals surface area contributed by atoms with Gasteiger partial charge in [-0.05, 0) is 30.7 Å². The van der Waals surface area contributed by atoms with Gasteiger partial charge in [-0.1, -0.05) is 11.6 Å². The van der Waals surface area contributed by atoms with E-state index in [9.17, 15) is 0 Å². The molecule has 0 aromatic heterocycles. The zero-order valence-corrected chi connectivity index (χ0v) is 10.4. The highest BCUT2D eigenvalue weighted by molar-refractivity contribution is 6.31. The van der Waals surface area contributed by atoms with Crippen LogP contribution in [0, 0.1) is 35.5 Å². The van der Waals surface area contributed by atoms with E-state index in [1.54, 1.807) is 30.3 Å². The van der Waals surface area contributed by atoms with Crippen LogP contribution in [0.15, 0.2) is 23.3 Å². The first-order valence-electron chi connectivity index (χ1n) is 4.64. The van der Waals surface area contributed by atoms with Crippen molar-refractivity contribution >= 4 is 35.3 Å². The molecule has 0 atom stereocenters. The number of hydrogen-bond donors (Lipinski definition) is 0. The quantitative estimate of drug-likeness (QED) is 0.479. The first kappa shape index (κ1) is 13.3. The Balaban J connectivity index is 2.84. The van der Waals surface area contributed by atoms with Crippen molar-refractivity contribution in [3.63, 3.8) is 0 Å². The molecule has 1 rings (SSSR count). The number of nitriles is 2. The summed E-state index contributed by atoms with van der Waals surface area (Å²) in [5.41, 5.74) is 1.47. The molecule has 0 amide bonds. The molecule has 0 aliphatic carbocycles. The molecule has 0 N–H and O–H groups in total. The lowest BCUT2D eigenvalue weighted by Crippen LogP contribution is -2.04. The maximum Gasteiger partial charge on any atom is 0.170 e. The molecule has 86 valence electrons. The Morgan fingerprint density at radius 2 is 2.06 bits per heavy atom. The van der Waals surface area contributed by atoms with Gasteiger partial charge in [0.25, 0.3) is 0 Å². The summed E-state index contributed by atoms with van der Waals surface area (Å²) in [6, 6.07) is 8.66. The van der Waals surface area contributed by atoms with Crippen LogP contribution >= 0.6 is 23.4 Å². The van der Waals surface area contributed by atoms with Crippen molar-refractivity contribution in [3.05, 3.63) is 28.8 Å². The minimum Gasteiger partial charge on any atom is -0.196 e. The normalized spacial score (nSPS) is 10.2. The zero-order chi connectivity index (χ0) is 12.8. The number of halogens is 2. The molecule has 0 aliphatic rings.